The number of carbonyl (C=O) groups excluding carboxylic acids is 1. The van der Waals surface area contributed by atoms with Gasteiger partial charge in [0.1, 0.15) is 6.10 Å². The summed E-state index contributed by atoms with van der Waals surface area (Å²) in [6, 6.07) is 7.31. The minimum Gasteiger partial charge on any atom is -0.497 e. The molecule has 0 aliphatic carbocycles. The summed E-state index contributed by atoms with van der Waals surface area (Å²) in [4.78, 5) is 11.6. The maximum atomic E-state index is 11.6. The highest BCUT2D eigenvalue weighted by molar-refractivity contribution is 5.95. The second kappa shape index (κ2) is 6.10. The van der Waals surface area contributed by atoms with Crippen LogP contribution in [0.4, 0.5) is 5.69 Å². The summed E-state index contributed by atoms with van der Waals surface area (Å²) in [5.74, 6) is -0.331. The molecule has 0 aromatic heterocycles. The number of allylic oxidation sites excluding steroid dienone is 1. The van der Waals surface area contributed by atoms with Crippen LogP contribution in [-0.4, -0.2) is 25.7 Å². The SMILES string of the molecule is COC(=O)c1ccccc1NCC1CCC=CO1. The van der Waals surface area contributed by atoms with Crippen LogP contribution in [0.3, 0.4) is 0 Å². The standard InChI is InChI=1S/C14H17NO3/c1-17-14(16)12-7-2-3-8-13(12)15-10-11-6-4-5-9-18-11/h2-3,5,7-9,11,15H,4,6,10H2,1H3. The third-order valence-corrected chi connectivity index (χ3v) is 2.88. The Hall–Kier alpha value is -1.97. The largest absolute Gasteiger partial charge is 0.497 e. The highest BCUT2D eigenvalue weighted by Crippen LogP contribution is 2.17. The molecule has 96 valence electrons. The normalized spacial score (nSPS) is 17.9. The van der Waals surface area contributed by atoms with Gasteiger partial charge in [0.25, 0.3) is 0 Å². The van der Waals surface area contributed by atoms with Gasteiger partial charge in [0.05, 0.1) is 25.5 Å². The number of carbonyl (C=O) groups is 1. The smallest absolute Gasteiger partial charge is 0.339 e. The van der Waals surface area contributed by atoms with Crippen LogP contribution in [0.1, 0.15) is 23.2 Å². The first-order valence-electron chi connectivity index (χ1n) is 6.03. The molecule has 18 heavy (non-hydrogen) atoms. The monoisotopic (exact) mass is 247 g/mol. The van der Waals surface area contributed by atoms with Crippen LogP contribution >= 0.6 is 0 Å². The highest BCUT2D eigenvalue weighted by Gasteiger charge is 2.14. The molecule has 0 bridgehead atoms. The minimum absolute atomic E-state index is 0.153. The molecule has 1 unspecified atom stereocenters. The van der Waals surface area contributed by atoms with Gasteiger partial charge in [0.2, 0.25) is 0 Å². The van der Waals surface area contributed by atoms with Gasteiger partial charge >= 0.3 is 5.97 Å². The Labute approximate surface area is 107 Å². The van der Waals surface area contributed by atoms with Crippen LogP contribution in [0.15, 0.2) is 36.6 Å². The van der Waals surface area contributed by atoms with Gasteiger partial charge in [0.15, 0.2) is 0 Å². The van der Waals surface area contributed by atoms with Crippen molar-refractivity contribution in [2.24, 2.45) is 0 Å². The number of rotatable bonds is 4. The molecule has 0 saturated carbocycles. The van der Waals surface area contributed by atoms with Crippen molar-refractivity contribution in [2.75, 3.05) is 19.0 Å². The molecule has 4 nitrogen and oxygen atoms in total. The second-order valence-corrected chi connectivity index (χ2v) is 4.13. The van der Waals surface area contributed by atoms with Gasteiger partial charge in [-0.25, -0.2) is 4.79 Å². The second-order valence-electron chi connectivity index (χ2n) is 4.13. The molecule has 0 saturated heterocycles. The van der Waals surface area contributed by atoms with Crippen molar-refractivity contribution in [1.29, 1.82) is 0 Å². The maximum Gasteiger partial charge on any atom is 0.339 e. The summed E-state index contributed by atoms with van der Waals surface area (Å²) in [5.41, 5.74) is 1.33. The Bertz CT molecular complexity index is 442. The van der Waals surface area contributed by atoms with Gasteiger partial charge in [-0.3, -0.25) is 0 Å². The van der Waals surface area contributed by atoms with Crippen molar-refractivity contribution in [3.05, 3.63) is 42.2 Å². The van der Waals surface area contributed by atoms with Crippen LogP contribution in [0.5, 0.6) is 0 Å². The molecule has 1 atom stereocenters. The van der Waals surface area contributed by atoms with E-state index in [0.29, 0.717) is 12.1 Å². The number of para-hydroxylation sites is 1. The maximum absolute atomic E-state index is 11.6. The predicted octanol–water partition coefficient (Wildman–Crippen LogP) is 2.58. The summed E-state index contributed by atoms with van der Waals surface area (Å²) in [6.45, 7) is 0.679. The van der Waals surface area contributed by atoms with Crippen LogP contribution in [0, 0.1) is 0 Å². The van der Waals surface area contributed by atoms with Crippen LogP contribution in [-0.2, 0) is 9.47 Å². The number of hydrogen-bond acceptors (Lipinski definition) is 4. The molecule has 1 aromatic rings. The number of anilines is 1. The highest BCUT2D eigenvalue weighted by atomic mass is 16.5. The van der Waals surface area contributed by atoms with E-state index >= 15 is 0 Å². The van der Waals surface area contributed by atoms with Gasteiger partial charge in [-0.2, -0.15) is 0 Å². The van der Waals surface area contributed by atoms with Crippen molar-refractivity contribution in [3.63, 3.8) is 0 Å². The lowest BCUT2D eigenvalue weighted by molar-refractivity contribution is 0.0601. The Balaban J connectivity index is 2.00. The molecular weight excluding hydrogens is 230 g/mol. The predicted molar refractivity (Wildman–Crippen MR) is 69.5 cm³/mol. The number of ether oxygens (including phenoxy) is 2. The zero-order valence-electron chi connectivity index (χ0n) is 10.4. The molecule has 0 fully saturated rings. The lowest BCUT2D eigenvalue weighted by Crippen LogP contribution is -2.23. The van der Waals surface area contributed by atoms with Crippen LogP contribution in [0.2, 0.25) is 0 Å². The number of benzene rings is 1. The van der Waals surface area contributed by atoms with Crippen molar-refractivity contribution in [3.8, 4) is 0 Å². The van der Waals surface area contributed by atoms with Crippen LogP contribution in [0.25, 0.3) is 0 Å². The van der Waals surface area contributed by atoms with Gasteiger partial charge in [-0.1, -0.05) is 12.1 Å². The molecule has 1 aromatic carbocycles. The number of methoxy groups -OCH3 is 1. The number of hydrogen-bond donors (Lipinski definition) is 1. The lowest BCUT2D eigenvalue weighted by atomic mass is 10.1. The van der Waals surface area contributed by atoms with E-state index in [1.807, 2.05) is 24.3 Å². The van der Waals surface area contributed by atoms with Gasteiger partial charge < -0.3 is 14.8 Å². The van der Waals surface area contributed by atoms with E-state index in [1.54, 1.807) is 12.3 Å². The summed E-state index contributed by atoms with van der Waals surface area (Å²) in [5, 5.41) is 3.24. The molecule has 0 amide bonds. The lowest BCUT2D eigenvalue weighted by Gasteiger charge is -2.20. The fourth-order valence-electron chi connectivity index (χ4n) is 1.88. The Morgan fingerprint density at radius 1 is 1.50 bits per heavy atom. The first kappa shape index (κ1) is 12.5. The van der Waals surface area contributed by atoms with E-state index in [2.05, 4.69) is 5.32 Å². The zero-order chi connectivity index (χ0) is 12.8. The Kier molecular flexibility index (Phi) is 4.23. The average Bonchev–Trinajstić information content (AvgIpc) is 2.45. The number of esters is 1. The molecule has 0 radical (unpaired) electrons. The minimum atomic E-state index is -0.331. The van der Waals surface area contributed by atoms with Gasteiger partial charge in [-0.05, 0) is 31.1 Å². The van der Waals surface area contributed by atoms with E-state index in [9.17, 15) is 4.79 Å². The van der Waals surface area contributed by atoms with E-state index < -0.39 is 0 Å². The quantitative estimate of drug-likeness (QED) is 0.831. The van der Waals surface area contributed by atoms with E-state index in [-0.39, 0.29) is 12.1 Å². The molecule has 2 rings (SSSR count). The molecule has 1 heterocycles. The summed E-state index contributed by atoms with van der Waals surface area (Å²) in [7, 11) is 1.38. The molecule has 1 aliphatic heterocycles. The first-order valence-corrected chi connectivity index (χ1v) is 6.03. The fraction of sp³-hybridized carbons (Fsp3) is 0.357. The molecule has 1 N–H and O–H groups in total. The molecule has 0 spiro atoms. The summed E-state index contributed by atoms with van der Waals surface area (Å²) < 4.78 is 10.2. The van der Waals surface area contributed by atoms with Crippen molar-refractivity contribution in [2.45, 2.75) is 18.9 Å². The first-order chi connectivity index (χ1) is 8.81. The Morgan fingerprint density at radius 3 is 3.06 bits per heavy atom. The van der Waals surface area contributed by atoms with E-state index in [0.717, 1.165) is 18.5 Å². The summed E-state index contributed by atoms with van der Waals surface area (Å²) in [6.07, 6.45) is 5.93. The van der Waals surface area contributed by atoms with E-state index in [4.69, 9.17) is 9.47 Å². The fourth-order valence-corrected chi connectivity index (χ4v) is 1.88. The zero-order valence-corrected chi connectivity index (χ0v) is 10.4. The topological polar surface area (TPSA) is 47.6 Å². The number of nitrogens with one attached hydrogen (secondary N) is 1. The summed E-state index contributed by atoms with van der Waals surface area (Å²) >= 11 is 0. The van der Waals surface area contributed by atoms with E-state index in [1.165, 1.54) is 7.11 Å². The molecule has 4 heteroatoms. The third-order valence-electron chi connectivity index (χ3n) is 2.88. The van der Waals surface area contributed by atoms with Crippen molar-refractivity contribution in [1.82, 2.24) is 0 Å². The van der Waals surface area contributed by atoms with Crippen LogP contribution < -0.4 is 5.32 Å². The molecular formula is C14H17NO3. The Morgan fingerprint density at radius 2 is 2.33 bits per heavy atom. The molecule has 1 aliphatic rings. The average molecular weight is 247 g/mol. The van der Waals surface area contributed by atoms with Gasteiger partial charge in [0, 0.05) is 5.69 Å². The third kappa shape index (κ3) is 3.03. The van der Waals surface area contributed by atoms with Crippen molar-refractivity contribution < 1.29 is 14.3 Å². The van der Waals surface area contributed by atoms with Gasteiger partial charge in [-0.15, -0.1) is 0 Å². The van der Waals surface area contributed by atoms with Crippen molar-refractivity contribution >= 4 is 11.7 Å².